The third kappa shape index (κ3) is 8.60. The van der Waals surface area contributed by atoms with Gasteiger partial charge in [-0.25, -0.2) is 0 Å². The molecule has 12 nitrogen and oxygen atoms in total. The molecule has 274 valence electrons. The van der Waals surface area contributed by atoms with Crippen LogP contribution >= 0.6 is 69.6 Å². The van der Waals surface area contributed by atoms with Gasteiger partial charge in [-0.05, 0) is 24.3 Å². The minimum absolute atomic E-state index is 0.0342. The molecule has 0 spiro atoms. The average molecular weight is 835 g/mol. The molecule has 1 fully saturated rings. The molecule has 0 saturated carbocycles. The van der Waals surface area contributed by atoms with Gasteiger partial charge in [-0.2, -0.15) is 0 Å². The molecule has 0 aliphatic carbocycles. The predicted octanol–water partition coefficient (Wildman–Crippen LogP) is 7.53. The largest absolute Gasteiger partial charge is 0.463 e. The quantitative estimate of drug-likeness (QED) is 0.0946. The lowest BCUT2D eigenvalue weighted by atomic mass is 9.90. The van der Waals surface area contributed by atoms with Gasteiger partial charge in [0.1, 0.15) is 17.9 Å². The number of ether oxygens (including phenoxy) is 5. The zero-order valence-electron chi connectivity index (χ0n) is 27.6. The molecule has 1 aliphatic heterocycles. The summed E-state index contributed by atoms with van der Waals surface area (Å²) in [5.41, 5.74) is 1.10. The number of hydrogen-bond acceptors (Lipinski definition) is 10. The number of esters is 4. The van der Waals surface area contributed by atoms with E-state index in [0.717, 1.165) is 20.8 Å². The number of halogens is 6. The number of hydrogen-bond donors (Lipinski definition) is 0. The van der Waals surface area contributed by atoms with Gasteiger partial charge in [0, 0.05) is 43.3 Å². The third-order valence-electron chi connectivity index (χ3n) is 7.56. The van der Waals surface area contributed by atoms with Crippen molar-refractivity contribution in [3.05, 3.63) is 90.4 Å². The highest BCUT2D eigenvalue weighted by Gasteiger charge is 2.56. The Morgan fingerprint density at radius 2 is 1.21 bits per heavy atom. The third-order valence-corrected chi connectivity index (χ3v) is 9.14. The fraction of sp³-hybridized carbons (Fsp3) is 0.294. The van der Waals surface area contributed by atoms with E-state index < -0.39 is 61.0 Å². The molecule has 0 amide bonds. The van der Waals surface area contributed by atoms with Gasteiger partial charge in [-0.1, -0.05) is 109 Å². The highest BCUT2D eigenvalue weighted by atomic mass is 35.5. The predicted molar refractivity (Wildman–Crippen MR) is 192 cm³/mol. The van der Waals surface area contributed by atoms with Crippen molar-refractivity contribution in [2.24, 2.45) is 0 Å². The summed E-state index contributed by atoms with van der Waals surface area (Å²) in [6.45, 7) is 4.05. The summed E-state index contributed by atoms with van der Waals surface area (Å²) < 4.78 is 31.8. The summed E-state index contributed by atoms with van der Waals surface area (Å²) in [6.07, 6.45) is -7.30. The van der Waals surface area contributed by atoms with Crippen molar-refractivity contribution in [2.45, 2.75) is 58.2 Å². The Hall–Kier alpha value is -3.62. The van der Waals surface area contributed by atoms with Gasteiger partial charge in [0.2, 0.25) is 11.4 Å². The average Bonchev–Trinajstić information content (AvgIpc) is 3.39. The molecular weight excluding hydrogens is 807 g/mol. The van der Waals surface area contributed by atoms with Crippen molar-refractivity contribution in [3.8, 4) is 22.6 Å². The molecule has 4 aromatic rings. The van der Waals surface area contributed by atoms with Crippen LogP contribution in [0.15, 0.2) is 54.6 Å². The lowest BCUT2D eigenvalue weighted by molar-refractivity contribution is -0.650. The lowest BCUT2D eigenvalue weighted by Gasteiger charge is -2.43. The molecule has 5 rings (SSSR count). The van der Waals surface area contributed by atoms with Crippen LogP contribution in [0.25, 0.3) is 22.6 Å². The molecule has 1 aliphatic rings. The van der Waals surface area contributed by atoms with Gasteiger partial charge in [-0.15, -0.1) is 0 Å². The van der Waals surface area contributed by atoms with Crippen LogP contribution in [0.1, 0.15) is 39.5 Å². The Morgan fingerprint density at radius 3 is 1.73 bits per heavy atom. The Bertz CT molecular complexity index is 2000. The van der Waals surface area contributed by atoms with E-state index in [1.54, 1.807) is 30.3 Å². The minimum Gasteiger partial charge on any atom is -0.463 e. The Labute approximate surface area is 327 Å². The molecule has 18 heteroatoms. The number of benzene rings is 3. The second-order valence-electron chi connectivity index (χ2n) is 11.4. The summed E-state index contributed by atoms with van der Waals surface area (Å²) >= 11 is 39.8. The van der Waals surface area contributed by atoms with Crippen LogP contribution in [0.2, 0.25) is 30.1 Å². The first kappa shape index (κ1) is 39.6. The highest BCUT2D eigenvalue weighted by molar-refractivity contribution is 6.41. The smallest absolute Gasteiger partial charge is 0.303 e. The standard InChI is InChI=1S/C34H28Cl6N3O9/c1-15(44)48-14-26-31(49-16(2)45)33(50-17(3)46)34(51-18(4)47)32(52-26)30-27(19-8-6-5-7-9-19)42(28-22(37)10-20(35)11-23(28)38)41-43(30)29-24(39)12-21(36)13-25(29)40/h5-13,26,31-34H,14H2,1-4H3/q+1/t26-,31-,32+,33+,34+/m1/s1. The van der Waals surface area contributed by atoms with Crippen molar-refractivity contribution in [2.75, 3.05) is 6.61 Å². The molecule has 3 aromatic carbocycles. The van der Waals surface area contributed by atoms with Crippen LogP contribution in [-0.4, -0.2) is 64.8 Å². The van der Waals surface area contributed by atoms with Crippen molar-refractivity contribution in [1.29, 1.82) is 0 Å². The zero-order valence-corrected chi connectivity index (χ0v) is 32.1. The monoisotopic (exact) mass is 832 g/mol. The minimum atomic E-state index is -1.55. The summed E-state index contributed by atoms with van der Waals surface area (Å²) in [5, 5.41) is 5.57. The molecule has 0 radical (unpaired) electrons. The van der Waals surface area contributed by atoms with E-state index in [9.17, 15) is 19.2 Å². The van der Waals surface area contributed by atoms with E-state index in [-0.39, 0.29) is 52.9 Å². The first-order valence-corrected chi connectivity index (χ1v) is 17.5. The van der Waals surface area contributed by atoms with E-state index >= 15 is 0 Å². The second-order valence-corrected chi connectivity index (χ2v) is 13.9. The molecule has 1 aromatic heterocycles. The van der Waals surface area contributed by atoms with Gasteiger partial charge in [-0.3, -0.25) is 19.2 Å². The maximum atomic E-state index is 12.8. The van der Waals surface area contributed by atoms with Crippen molar-refractivity contribution in [1.82, 2.24) is 9.90 Å². The maximum Gasteiger partial charge on any atom is 0.303 e. The fourth-order valence-electron chi connectivity index (χ4n) is 5.76. The zero-order chi connectivity index (χ0) is 38.0. The van der Waals surface area contributed by atoms with E-state index in [0.29, 0.717) is 5.56 Å². The summed E-state index contributed by atoms with van der Waals surface area (Å²) in [5.74, 6) is -3.12. The lowest BCUT2D eigenvalue weighted by Crippen LogP contribution is -2.59. The highest BCUT2D eigenvalue weighted by Crippen LogP contribution is 2.44. The van der Waals surface area contributed by atoms with Gasteiger partial charge >= 0.3 is 23.9 Å². The van der Waals surface area contributed by atoms with Crippen LogP contribution in [0, 0.1) is 0 Å². The summed E-state index contributed by atoms with van der Waals surface area (Å²) in [7, 11) is 0. The molecule has 0 bridgehead atoms. The molecule has 5 atom stereocenters. The normalized spacial score (nSPS) is 19.8. The van der Waals surface area contributed by atoms with Gasteiger partial charge in [0.05, 0.1) is 20.1 Å². The van der Waals surface area contributed by atoms with Crippen LogP contribution in [0.5, 0.6) is 0 Å². The first-order chi connectivity index (χ1) is 24.6. The number of aromatic nitrogens is 3. The number of carbonyl (C=O) groups is 4. The summed E-state index contributed by atoms with van der Waals surface area (Å²) in [4.78, 5) is 49.9. The molecule has 0 unspecified atom stereocenters. The Morgan fingerprint density at radius 1 is 0.712 bits per heavy atom. The SMILES string of the molecule is CC(=O)OC[C@H]1O[C@@H](c2c(-c3ccccc3)[n+](-c3c(Cl)cc(Cl)cc3Cl)nn2-c2c(Cl)cc(Cl)cc2Cl)[C@H](OC(C)=O)[C@@H](OC(C)=O)[C@@H]1OC(C)=O. The molecule has 1 saturated heterocycles. The van der Waals surface area contributed by atoms with E-state index in [1.807, 2.05) is 0 Å². The Kier molecular flexibility index (Phi) is 12.6. The van der Waals surface area contributed by atoms with E-state index in [4.69, 9.17) is 98.5 Å². The molecule has 52 heavy (non-hydrogen) atoms. The second kappa shape index (κ2) is 16.6. The van der Waals surface area contributed by atoms with Crippen molar-refractivity contribution in [3.63, 3.8) is 0 Å². The Balaban J connectivity index is 1.95. The fourth-order valence-corrected chi connectivity index (χ4v) is 7.71. The van der Waals surface area contributed by atoms with Crippen LogP contribution in [0.4, 0.5) is 0 Å². The maximum absolute atomic E-state index is 12.8. The molecule has 2 heterocycles. The van der Waals surface area contributed by atoms with Crippen molar-refractivity contribution >= 4 is 93.5 Å². The number of carbonyl (C=O) groups excluding carboxylic acids is 4. The number of rotatable bonds is 9. The van der Waals surface area contributed by atoms with Gasteiger partial charge < -0.3 is 23.7 Å². The molecular formula is C34H28Cl6N3O9+. The number of nitrogens with zero attached hydrogens (tertiary/aromatic N) is 3. The van der Waals surface area contributed by atoms with Crippen molar-refractivity contribution < 1.29 is 47.5 Å². The summed E-state index contributed by atoms with van der Waals surface area (Å²) in [6, 6.07) is 14.5. The van der Waals surface area contributed by atoms with Gasteiger partial charge in [0.15, 0.2) is 35.8 Å². The van der Waals surface area contributed by atoms with Crippen LogP contribution in [-0.2, 0) is 42.9 Å². The van der Waals surface area contributed by atoms with Gasteiger partial charge in [0.25, 0.3) is 0 Å². The molecule has 0 N–H and O–H groups in total. The first-order valence-electron chi connectivity index (χ1n) is 15.3. The van der Waals surface area contributed by atoms with Crippen LogP contribution < -0.4 is 4.68 Å². The van der Waals surface area contributed by atoms with E-state index in [2.05, 4.69) is 0 Å². The van der Waals surface area contributed by atoms with Crippen LogP contribution in [0.3, 0.4) is 0 Å². The topological polar surface area (TPSA) is 136 Å². The van der Waals surface area contributed by atoms with E-state index in [1.165, 1.54) is 40.6 Å².